The van der Waals surface area contributed by atoms with E-state index in [1.165, 1.54) is 6.07 Å². The van der Waals surface area contributed by atoms with Crippen LogP contribution in [-0.2, 0) is 9.31 Å². The van der Waals surface area contributed by atoms with E-state index < -0.39 is 30.0 Å². The van der Waals surface area contributed by atoms with Gasteiger partial charge in [-0.15, -0.1) is 0 Å². The molecule has 0 bridgehead atoms. The van der Waals surface area contributed by atoms with Crippen LogP contribution in [0.15, 0.2) is 42.5 Å². The summed E-state index contributed by atoms with van der Waals surface area (Å²) in [5.41, 5.74) is 1.68. The summed E-state index contributed by atoms with van der Waals surface area (Å²) in [5, 5.41) is 2.75. The van der Waals surface area contributed by atoms with Gasteiger partial charge < -0.3 is 14.6 Å². The van der Waals surface area contributed by atoms with Gasteiger partial charge in [-0.3, -0.25) is 4.79 Å². The van der Waals surface area contributed by atoms with Gasteiger partial charge in [-0.2, -0.15) is 0 Å². The summed E-state index contributed by atoms with van der Waals surface area (Å²) in [6, 6.07) is 12.1. The number of hydrogen-bond donors (Lipinski definition) is 1. The molecule has 2 fully saturated rings. The lowest BCUT2D eigenvalue weighted by Crippen LogP contribution is -2.41. The van der Waals surface area contributed by atoms with Crippen LogP contribution < -0.4 is 10.8 Å². The van der Waals surface area contributed by atoms with Gasteiger partial charge in [-0.1, -0.05) is 18.2 Å². The molecule has 0 spiro atoms. The van der Waals surface area contributed by atoms with Crippen LogP contribution >= 0.6 is 0 Å². The molecule has 1 aliphatic heterocycles. The maximum Gasteiger partial charge on any atom is 0.494 e. The lowest BCUT2D eigenvalue weighted by atomic mass is 9.79. The minimum atomic E-state index is -0.476. The SMILES string of the molecule is CC1(C)OB(c2ccc(NC(=O)c3ccc(C4CC4)cc3F)cc2)OC1(C)C. The van der Waals surface area contributed by atoms with Crippen molar-refractivity contribution in [1.29, 1.82) is 0 Å². The molecule has 1 heterocycles. The van der Waals surface area contributed by atoms with Crippen molar-refractivity contribution in [2.24, 2.45) is 0 Å². The third kappa shape index (κ3) is 3.59. The van der Waals surface area contributed by atoms with Gasteiger partial charge in [0.05, 0.1) is 16.8 Å². The zero-order chi connectivity index (χ0) is 20.1. The fourth-order valence-electron chi connectivity index (χ4n) is 3.29. The van der Waals surface area contributed by atoms with E-state index >= 15 is 0 Å². The molecule has 4 nitrogen and oxygen atoms in total. The molecule has 0 aromatic heterocycles. The number of anilines is 1. The van der Waals surface area contributed by atoms with Crippen molar-refractivity contribution >= 4 is 24.2 Å². The molecule has 2 aromatic carbocycles. The third-order valence-corrected chi connectivity index (χ3v) is 5.98. The Bertz CT molecular complexity index is 890. The van der Waals surface area contributed by atoms with E-state index in [-0.39, 0.29) is 5.56 Å². The maximum atomic E-state index is 14.3. The summed E-state index contributed by atoms with van der Waals surface area (Å²) in [6.45, 7) is 8.02. The van der Waals surface area contributed by atoms with Crippen molar-refractivity contribution in [1.82, 2.24) is 0 Å². The van der Waals surface area contributed by atoms with Crippen LogP contribution in [-0.4, -0.2) is 24.2 Å². The molecule has 146 valence electrons. The Morgan fingerprint density at radius 3 is 2.18 bits per heavy atom. The normalized spacial score (nSPS) is 20.2. The average molecular weight is 381 g/mol. The molecule has 1 saturated carbocycles. The summed E-state index contributed by atoms with van der Waals surface area (Å²) in [4.78, 5) is 12.4. The Morgan fingerprint density at radius 1 is 1.04 bits per heavy atom. The molecular weight excluding hydrogens is 356 g/mol. The number of nitrogens with one attached hydrogen (secondary N) is 1. The highest BCUT2D eigenvalue weighted by Crippen LogP contribution is 2.40. The summed E-state index contributed by atoms with van der Waals surface area (Å²) in [7, 11) is -0.456. The summed E-state index contributed by atoms with van der Waals surface area (Å²) < 4.78 is 26.4. The smallest absolute Gasteiger partial charge is 0.399 e. The van der Waals surface area contributed by atoms with Gasteiger partial charge in [-0.25, -0.2) is 4.39 Å². The Kier molecular flexibility index (Phi) is 4.59. The fraction of sp³-hybridized carbons (Fsp3) is 0.409. The first-order chi connectivity index (χ1) is 13.2. The number of benzene rings is 2. The average Bonchev–Trinajstić information content (AvgIpc) is 3.43. The zero-order valence-electron chi connectivity index (χ0n) is 16.7. The summed E-state index contributed by atoms with van der Waals surface area (Å²) >= 11 is 0. The largest absolute Gasteiger partial charge is 0.494 e. The van der Waals surface area contributed by atoms with Crippen LogP contribution in [0.25, 0.3) is 0 Å². The van der Waals surface area contributed by atoms with E-state index in [0.29, 0.717) is 11.6 Å². The maximum absolute atomic E-state index is 14.3. The van der Waals surface area contributed by atoms with Crippen molar-refractivity contribution in [3.05, 3.63) is 59.4 Å². The Labute approximate surface area is 165 Å². The second-order valence-electron chi connectivity index (χ2n) is 8.68. The van der Waals surface area contributed by atoms with Gasteiger partial charge in [0.1, 0.15) is 5.82 Å². The van der Waals surface area contributed by atoms with Crippen molar-refractivity contribution in [3.8, 4) is 0 Å². The van der Waals surface area contributed by atoms with E-state index in [4.69, 9.17) is 9.31 Å². The zero-order valence-corrected chi connectivity index (χ0v) is 16.7. The number of hydrogen-bond acceptors (Lipinski definition) is 3. The lowest BCUT2D eigenvalue weighted by Gasteiger charge is -2.32. The van der Waals surface area contributed by atoms with E-state index in [1.807, 2.05) is 45.9 Å². The molecule has 0 atom stereocenters. The van der Waals surface area contributed by atoms with Gasteiger partial charge in [0.25, 0.3) is 5.91 Å². The monoisotopic (exact) mass is 381 g/mol. The molecule has 1 aliphatic carbocycles. The molecule has 6 heteroatoms. The van der Waals surface area contributed by atoms with Crippen molar-refractivity contribution in [2.45, 2.75) is 57.7 Å². The molecular formula is C22H25BFNO3. The predicted octanol–water partition coefficient (Wildman–Crippen LogP) is 4.25. The van der Waals surface area contributed by atoms with Crippen LogP contribution in [0.1, 0.15) is 62.4 Å². The summed E-state index contributed by atoms with van der Waals surface area (Å²) in [6.07, 6.45) is 2.19. The van der Waals surface area contributed by atoms with Crippen molar-refractivity contribution in [3.63, 3.8) is 0 Å². The van der Waals surface area contributed by atoms with Gasteiger partial charge in [0.15, 0.2) is 0 Å². The second-order valence-corrected chi connectivity index (χ2v) is 8.68. The van der Waals surface area contributed by atoms with Crippen LogP contribution in [0, 0.1) is 5.82 Å². The van der Waals surface area contributed by atoms with E-state index in [2.05, 4.69) is 5.32 Å². The molecule has 0 unspecified atom stereocenters. The molecule has 1 amide bonds. The van der Waals surface area contributed by atoms with Crippen LogP contribution in [0.2, 0.25) is 0 Å². The first-order valence-electron chi connectivity index (χ1n) is 9.73. The van der Waals surface area contributed by atoms with Gasteiger partial charge in [0, 0.05) is 5.69 Å². The Hall–Kier alpha value is -2.18. The summed E-state index contributed by atoms with van der Waals surface area (Å²) in [5.74, 6) is -0.479. The molecule has 2 aromatic rings. The predicted molar refractivity (Wildman–Crippen MR) is 108 cm³/mol. The minimum Gasteiger partial charge on any atom is -0.399 e. The number of halogens is 1. The number of carbonyl (C=O) groups is 1. The molecule has 2 aliphatic rings. The Morgan fingerprint density at radius 2 is 1.64 bits per heavy atom. The van der Waals surface area contributed by atoms with Crippen LogP contribution in [0.3, 0.4) is 0 Å². The molecule has 1 saturated heterocycles. The first-order valence-corrected chi connectivity index (χ1v) is 9.73. The van der Waals surface area contributed by atoms with E-state index in [0.717, 1.165) is 23.9 Å². The van der Waals surface area contributed by atoms with Crippen molar-refractivity contribution in [2.75, 3.05) is 5.32 Å². The standard InChI is InChI=1S/C22H25BFNO3/c1-21(2)22(3,4)28-23(27-21)16-8-10-17(11-9-16)25-20(26)18-12-7-15(13-19(18)24)14-5-6-14/h7-14H,5-6H2,1-4H3,(H,25,26). The fourth-order valence-corrected chi connectivity index (χ4v) is 3.29. The topological polar surface area (TPSA) is 47.6 Å². The molecule has 28 heavy (non-hydrogen) atoms. The van der Waals surface area contributed by atoms with Crippen molar-refractivity contribution < 1.29 is 18.5 Å². The minimum absolute atomic E-state index is 0.0550. The number of amides is 1. The highest BCUT2D eigenvalue weighted by Gasteiger charge is 2.51. The van der Waals surface area contributed by atoms with Gasteiger partial charge >= 0.3 is 7.12 Å². The molecule has 4 rings (SSSR count). The highest BCUT2D eigenvalue weighted by atomic mass is 19.1. The number of carbonyl (C=O) groups excluding carboxylic acids is 1. The second kappa shape index (κ2) is 6.71. The van der Waals surface area contributed by atoms with Crippen LogP contribution in [0.5, 0.6) is 0 Å². The lowest BCUT2D eigenvalue weighted by molar-refractivity contribution is 0.00578. The Balaban J connectivity index is 1.44. The van der Waals surface area contributed by atoms with Crippen LogP contribution in [0.4, 0.5) is 10.1 Å². The highest BCUT2D eigenvalue weighted by molar-refractivity contribution is 6.62. The third-order valence-electron chi connectivity index (χ3n) is 5.98. The number of rotatable bonds is 4. The molecule has 1 N–H and O–H groups in total. The van der Waals surface area contributed by atoms with E-state index in [9.17, 15) is 9.18 Å². The van der Waals surface area contributed by atoms with Gasteiger partial charge in [-0.05, 0) is 81.7 Å². The molecule has 0 radical (unpaired) electrons. The quantitative estimate of drug-likeness (QED) is 0.806. The first kappa shape index (κ1) is 19.2. The van der Waals surface area contributed by atoms with E-state index in [1.54, 1.807) is 18.2 Å². The van der Waals surface area contributed by atoms with Gasteiger partial charge in [0.2, 0.25) is 0 Å².